The van der Waals surface area contributed by atoms with E-state index in [1.807, 2.05) is 6.92 Å². The van der Waals surface area contributed by atoms with Crippen LogP contribution in [0.5, 0.6) is 0 Å². The smallest absolute Gasteiger partial charge is 0.175 e. The molecule has 0 bridgehead atoms. The number of benzene rings is 1. The number of sulfone groups is 1. The number of rotatable bonds is 5. The molecule has 2 rings (SSSR count). The van der Waals surface area contributed by atoms with Crippen molar-refractivity contribution in [2.24, 2.45) is 0 Å². The van der Waals surface area contributed by atoms with Crippen LogP contribution in [0.25, 0.3) is 11.0 Å². The van der Waals surface area contributed by atoms with Crippen LogP contribution in [0.2, 0.25) is 0 Å². The van der Waals surface area contributed by atoms with Gasteiger partial charge in [-0.3, -0.25) is 0 Å². The Morgan fingerprint density at radius 1 is 1.39 bits per heavy atom. The first-order valence-electron chi connectivity index (χ1n) is 5.77. The number of nitrogens with one attached hydrogen (secondary N) is 1. The van der Waals surface area contributed by atoms with Gasteiger partial charge >= 0.3 is 0 Å². The fourth-order valence-corrected chi connectivity index (χ4v) is 2.35. The van der Waals surface area contributed by atoms with Crippen LogP contribution in [0.4, 0.5) is 0 Å². The van der Waals surface area contributed by atoms with E-state index in [2.05, 4.69) is 9.97 Å². The molecule has 1 aromatic heterocycles. The van der Waals surface area contributed by atoms with Crippen molar-refractivity contribution >= 4 is 20.9 Å². The van der Waals surface area contributed by atoms with Crippen molar-refractivity contribution < 1.29 is 13.2 Å². The third kappa shape index (κ3) is 2.88. The number of hydrogen-bond donors (Lipinski definition) is 1. The number of ether oxygens (including phenoxy) is 1. The Labute approximate surface area is 106 Å². The van der Waals surface area contributed by atoms with Crippen LogP contribution in [0, 0.1) is 0 Å². The van der Waals surface area contributed by atoms with Crippen molar-refractivity contribution in [1.82, 2.24) is 9.97 Å². The van der Waals surface area contributed by atoms with Gasteiger partial charge in [-0.1, -0.05) is 0 Å². The molecule has 6 heteroatoms. The molecule has 18 heavy (non-hydrogen) atoms. The lowest BCUT2D eigenvalue weighted by molar-refractivity contribution is 0.149. The van der Waals surface area contributed by atoms with E-state index >= 15 is 0 Å². The van der Waals surface area contributed by atoms with Gasteiger partial charge in [0.1, 0.15) is 5.82 Å². The van der Waals surface area contributed by atoms with E-state index in [4.69, 9.17) is 4.74 Å². The topological polar surface area (TPSA) is 72.0 Å². The van der Waals surface area contributed by atoms with Crippen molar-refractivity contribution in [3.8, 4) is 0 Å². The Morgan fingerprint density at radius 3 is 2.83 bits per heavy atom. The lowest BCUT2D eigenvalue weighted by atomic mass is 10.3. The number of aromatic amines is 1. The highest BCUT2D eigenvalue weighted by molar-refractivity contribution is 7.90. The first kappa shape index (κ1) is 13.0. The van der Waals surface area contributed by atoms with E-state index in [1.165, 1.54) is 6.26 Å². The zero-order valence-electron chi connectivity index (χ0n) is 10.4. The van der Waals surface area contributed by atoms with Crippen LogP contribution in [0.3, 0.4) is 0 Å². The highest BCUT2D eigenvalue weighted by atomic mass is 32.2. The second-order valence-corrected chi connectivity index (χ2v) is 6.10. The number of fused-ring (bicyclic) bond motifs is 1. The van der Waals surface area contributed by atoms with Gasteiger partial charge < -0.3 is 9.72 Å². The summed E-state index contributed by atoms with van der Waals surface area (Å²) in [6.07, 6.45) is 1.89. The molecule has 0 aliphatic heterocycles. The minimum Gasteiger partial charge on any atom is -0.381 e. The minimum atomic E-state index is -3.18. The van der Waals surface area contributed by atoms with E-state index in [1.54, 1.807) is 18.2 Å². The summed E-state index contributed by atoms with van der Waals surface area (Å²) in [5.41, 5.74) is 1.51. The van der Waals surface area contributed by atoms with Crippen molar-refractivity contribution in [2.75, 3.05) is 19.5 Å². The van der Waals surface area contributed by atoms with Crippen LogP contribution < -0.4 is 0 Å². The lowest BCUT2D eigenvalue weighted by Crippen LogP contribution is -1.99. The molecule has 1 N–H and O–H groups in total. The highest BCUT2D eigenvalue weighted by Crippen LogP contribution is 2.17. The molecule has 2 aromatic rings. The Kier molecular flexibility index (Phi) is 3.68. The maximum absolute atomic E-state index is 11.4. The fraction of sp³-hybridized carbons (Fsp3) is 0.417. The lowest BCUT2D eigenvalue weighted by Gasteiger charge is -1.97. The average molecular weight is 268 g/mol. The van der Waals surface area contributed by atoms with Crippen LogP contribution in [0.1, 0.15) is 12.7 Å². The Balaban J connectivity index is 2.28. The predicted molar refractivity (Wildman–Crippen MR) is 69.4 cm³/mol. The molecule has 0 radical (unpaired) electrons. The number of nitrogens with zero attached hydrogens (tertiary/aromatic N) is 1. The molecule has 0 unspecified atom stereocenters. The Morgan fingerprint density at radius 2 is 2.17 bits per heavy atom. The molecule has 1 heterocycles. The van der Waals surface area contributed by atoms with Gasteiger partial charge in [0.05, 0.1) is 22.5 Å². The fourth-order valence-electron chi connectivity index (χ4n) is 1.70. The zero-order valence-corrected chi connectivity index (χ0v) is 11.3. The number of imidazole rings is 1. The number of hydrogen-bond acceptors (Lipinski definition) is 4. The van der Waals surface area contributed by atoms with E-state index in [0.29, 0.717) is 24.5 Å². The molecule has 1 aromatic carbocycles. The largest absolute Gasteiger partial charge is 0.381 e. The molecule has 0 aliphatic rings. The summed E-state index contributed by atoms with van der Waals surface area (Å²) in [5, 5.41) is 0. The molecule has 98 valence electrons. The number of H-pyrrole nitrogens is 1. The van der Waals surface area contributed by atoms with Gasteiger partial charge in [-0.25, -0.2) is 13.4 Å². The van der Waals surface area contributed by atoms with E-state index < -0.39 is 9.84 Å². The molecule has 5 nitrogen and oxygen atoms in total. The summed E-state index contributed by atoms with van der Waals surface area (Å²) in [6.45, 7) is 3.23. The van der Waals surface area contributed by atoms with Crippen LogP contribution in [-0.4, -0.2) is 37.9 Å². The molecule has 0 fully saturated rings. The maximum atomic E-state index is 11.4. The van der Waals surface area contributed by atoms with Gasteiger partial charge in [-0.05, 0) is 25.1 Å². The first-order valence-corrected chi connectivity index (χ1v) is 7.66. The molecular formula is C12H16N2O3S. The standard InChI is InChI=1S/C12H16N2O3S/c1-3-17-7-6-12-13-10-5-4-9(18(2,15)16)8-11(10)14-12/h4-5,8H,3,6-7H2,1-2H3,(H,13,14). The monoisotopic (exact) mass is 268 g/mol. The molecular weight excluding hydrogens is 252 g/mol. The second kappa shape index (κ2) is 5.07. The average Bonchev–Trinajstić information content (AvgIpc) is 2.69. The summed E-state index contributed by atoms with van der Waals surface area (Å²) in [4.78, 5) is 7.79. The number of aromatic nitrogens is 2. The summed E-state index contributed by atoms with van der Waals surface area (Å²) in [7, 11) is -3.18. The Hall–Kier alpha value is -1.40. The third-order valence-corrected chi connectivity index (χ3v) is 3.73. The third-order valence-electron chi connectivity index (χ3n) is 2.62. The van der Waals surface area contributed by atoms with Crippen molar-refractivity contribution in [3.05, 3.63) is 24.0 Å². The first-order chi connectivity index (χ1) is 8.50. The molecule has 0 atom stereocenters. The van der Waals surface area contributed by atoms with Crippen LogP contribution in [-0.2, 0) is 21.0 Å². The van der Waals surface area contributed by atoms with Crippen molar-refractivity contribution in [1.29, 1.82) is 0 Å². The summed E-state index contributed by atoms with van der Waals surface area (Å²) >= 11 is 0. The minimum absolute atomic E-state index is 0.301. The van der Waals surface area contributed by atoms with Gasteiger partial charge in [0.2, 0.25) is 0 Å². The second-order valence-electron chi connectivity index (χ2n) is 4.08. The normalized spacial score (nSPS) is 12.1. The van der Waals surface area contributed by atoms with Gasteiger partial charge in [0.25, 0.3) is 0 Å². The van der Waals surface area contributed by atoms with Gasteiger partial charge in [0.15, 0.2) is 9.84 Å². The van der Waals surface area contributed by atoms with E-state index in [0.717, 1.165) is 16.9 Å². The SMILES string of the molecule is CCOCCc1nc2ccc(S(C)(=O)=O)cc2[nH]1. The summed E-state index contributed by atoms with van der Waals surface area (Å²) in [5.74, 6) is 0.809. The highest BCUT2D eigenvalue weighted by Gasteiger charge is 2.09. The quantitative estimate of drug-likeness (QED) is 0.835. The predicted octanol–water partition coefficient (Wildman–Crippen LogP) is 1.55. The molecule has 0 amide bonds. The Bertz CT molecular complexity index is 646. The van der Waals surface area contributed by atoms with Crippen molar-refractivity contribution in [3.63, 3.8) is 0 Å². The summed E-state index contributed by atoms with van der Waals surface area (Å²) in [6, 6.07) is 4.90. The van der Waals surface area contributed by atoms with Crippen LogP contribution in [0.15, 0.2) is 23.1 Å². The summed E-state index contributed by atoms with van der Waals surface area (Å²) < 4.78 is 28.1. The van der Waals surface area contributed by atoms with Crippen LogP contribution >= 0.6 is 0 Å². The van der Waals surface area contributed by atoms with Crippen molar-refractivity contribution in [2.45, 2.75) is 18.2 Å². The van der Waals surface area contributed by atoms with E-state index in [-0.39, 0.29) is 0 Å². The maximum Gasteiger partial charge on any atom is 0.175 e. The molecule has 0 saturated carbocycles. The van der Waals surface area contributed by atoms with E-state index in [9.17, 15) is 8.42 Å². The molecule has 0 spiro atoms. The van der Waals surface area contributed by atoms with Gasteiger partial charge in [-0.2, -0.15) is 0 Å². The molecule has 0 aliphatic carbocycles. The zero-order chi connectivity index (χ0) is 13.2. The molecule has 0 saturated heterocycles. The van der Waals surface area contributed by atoms with Gasteiger partial charge in [0, 0.05) is 19.3 Å². The van der Waals surface area contributed by atoms with Gasteiger partial charge in [-0.15, -0.1) is 0 Å².